The Hall–Kier alpha value is -1.34. The predicted molar refractivity (Wildman–Crippen MR) is 75.7 cm³/mol. The van der Waals surface area contributed by atoms with Crippen LogP contribution in [0.3, 0.4) is 0 Å². The van der Waals surface area contributed by atoms with Crippen molar-refractivity contribution in [2.24, 2.45) is 11.7 Å². The topological polar surface area (TPSA) is 55.1 Å². The number of amides is 1. The molecule has 0 aliphatic rings. The molecule has 3 N–H and O–H groups in total. The van der Waals surface area contributed by atoms with Crippen molar-refractivity contribution in [1.82, 2.24) is 0 Å². The molecule has 1 atom stereocenters. The van der Waals surface area contributed by atoms with Gasteiger partial charge in [0.05, 0.1) is 27.2 Å². The van der Waals surface area contributed by atoms with Crippen LogP contribution < -0.4 is 11.1 Å². The molecule has 0 saturated carbocycles. The minimum absolute atomic E-state index is 0.0781. The van der Waals surface area contributed by atoms with Crippen molar-refractivity contribution in [2.75, 3.05) is 5.32 Å². The van der Waals surface area contributed by atoms with E-state index in [1.54, 1.807) is 6.92 Å². The molecule has 0 spiro atoms. The molecule has 0 saturated heterocycles. The van der Waals surface area contributed by atoms with Crippen LogP contribution in [0.5, 0.6) is 0 Å². The zero-order chi connectivity index (χ0) is 15.5. The quantitative estimate of drug-likeness (QED) is 0.832. The van der Waals surface area contributed by atoms with Crippen LogP contribution in [0.15, 0.2) is 18.2 Å². The zero-order valence-electron chi connectivity index (χ0n) is 10.4. The van der Waals surface area contributed by atoms with Gasteiger partial charge in [-0.1, -0.05) is 36.8 Å². The van der Waals surface area contributed by atoms with E-state index in [-0.39, 0.29) is 16.4 Å². The molecule has 0 aromatic heterocycles. The van der Waals surface area contributed by atoms with Gasteiger partial charge in [0.1, 0.15) is 0 Å². The number of carbonyl (C=O) groups excluding carboxylic acids is 1. The number of benzene rings is 1. The third-order valence-electron chi connectivity index (χ3n) is 2.64. The van der Waals surface area contributed by atoms with E-state index >= 15 is 0 Å². The Morgan fingerprint density at radius 1 is 1.50 bits per heavy atom. The fraction of sp³-hybridized carbons (Fsp3) is 0.333. The molecule has 0 heterocycles. The number of anilines is 1. The molecule has 1 amide bonds. The lowest BCUT2D eigenvalue weighted by atomic mass is 10.1. The van der Waals surface area contributed by atoms with E-state index in [1.165, 1.54) is 6.07 Å². The molecule has 1 rings (SSSR count). The lowest BCUT2D eigenvalue weighted by Crippen LogP contribution is -2.33. The first-order chi connectivity index (χ1) is 9.18. The van der Waals surface area contributed by atoms with Gasteiger partial charge in [-0.3, -0.25) is 4.79 Å². The van der Waals surface area contributed by atoms with Crippen LogP contribution in [0.2, 0.25) is 5.02 Å². The second-order valence-corrected chi connectivity index (χ2v) is 4.89. The van der Waals surface area contributed by atoms with Crippen molar-refractivity contribution in [2.45, 2.75) is 19.5 Å². The molecule has 1 unspecified atom stereocenters. The summed E-state index contributed by atoms with van der Waals surface area (Å²) >= 11 is 10.4. The average molecular weight is 325 g/mol. The number of halogens is 4. The van der Waals surface area contributed by atoms with E-state index in [9.17, 15) is 18.0 Å². The number of hydrogen-bond donors (Lipinski definition) is 2. The van der Waals surface area contributed by atoms with Crippen LogP contribution >= 0.6 is 23.8 Å². The number of thiocarbonyl (C=S) groups is 1. The summed E-state index contributed by atoms with van der Waals surface area (Å²) in [6.07, 6.45) is -4.34. The number of alkyl halides is 3. The van der Waals surface area contributed by atoms with Gasteiger partial charge < -0.3 is 11.1 Å². The number of para-hydroxylation sites is 1. The summed E-state index contributed by atoms with van der Waals surface area (Å²) in [5.74, 6) is -1.55. The maximum Gasteiger partial charge on any atom is 0.418 e. The van der Waals surface area contributed by atoms with E-state index in [1.807, 2.05) is 0 Å². The molecule has 3 nitrogen and oxygen atoms in total. The van der Waals surface area contributed by atoms with Gasteiger partial charge in [0, 0.05) is 0 Å². The van der Waals surface area contributed by atoms with E-state index < -0.39 is 29.3 Å². The van der Waals surface area contributed by atoms with Crippen LogP contribution in [0, 0.1) is 5.92 Å². The van der Waals surface area contributed by atoms with Crippen molar-refractivity contribution in [3.05, 3.63) is 28.8 Å². The molecule has 8 heteroatoms. The summed E-state index contributed by atoms with van der Waals surface area (Å²) in [7, 11) is 0. The Kier molecular flexibility index (Phi) is 5.35. The Morgan fingerprint density at radius 2 is 2.10 bits per heavy atom. The number of nitrogens with two attached hydrogens (primary N) is 1. The van der Waals surface area contributed by atoms with Gasteiger partial charge in [0.2, 0.25) is 5.91 Å². The van der Waals surface area contributed by atoms with Gasteiger partial charge in [-0.05, 0) is 18.6 Å². The molecule has 0 bridgehead atoms. The smallest absolute Gasteiger partial charge is 0.393 e. The summed E-state index contributed by atoms with van der Waals surface area (Å²) in [5.41, 5.74) is 3.88. The lowest BCUT2D eigenvalue weighted by molar-refractivity contribution is -0.137. The molecular weight excluding hydrogens is 313 g/mol. The Bertz CT molecular complexity index is 534. The van der Waals surface area contributed by atoms with E-state index in [4.69, 9.17) is 29.6 Å². The van der Waals surface area contributed by atoms with Gasteiger partial charge in [0.25, 0.3) is 0 Å². The number of hydrogen-bond acceptors (Lipinski definition) is 2. The monoisotopic (exact) mass is 324 g/mol. The average Bonchev–Trinajstić information content (AvgIpc) is 2.30. The number of rotatable bonds is 4. The van der Waals surface area contributed by atoms with Crippen LogP contribution in [-0.4, -0.2) is 10.9 Å². The highest BCUT2D eigenvalue weighted by atomic mass is 35.5. The molecular formula is C12H12ClF3N2OS. The van der Waals surface area contributed by atoms with Gasteiger partial charge in [-0.2, -0.15) is 13.2 Å². The van der Waals surface area contributed by atoms with E-state index in [0.717, 1.165) is 12.1 Å². The molecule has 110 valence electrons. The summed E-state index contributed by atoms with van der Waals surface area (Å²) < 4.78 is 38.6. The molecule has 0 fully saturated rings. The fourth-order valence-electron chi connectivity index (χ4n) is 1.61. The first-order valence-electron chi connectivity index (χ1n) is 5.64. The summed E-state index contributed by atoms with van der Waals surface area (Å²) in [6, 6.07) is 3.25. The maximum atomic E-state index is 12.9. The summed E-state index contributed by atoms with van der Waals surface area (Å²) in [6.45, 7) is 1.65. The second-order valence-electron chi connectivity index (χ2n) is 4.01. The van der Waals surface area contributed by atoms with Crippen molar-refractivity contribution < 1.29 is 18.0 Å². The SMILES string of the molecule is CCC(C(=O)Nc1c(Cl)cccc1C(F)(F)F)C(N)=S. The second kappa shape index (κ2) is 6.41. The van der Waals surface area contributed by atoms with E-state index in [0.29, 0.717) is 0 Å². The highest BCUT2D eigenvalue weighted by molar-refractivity contribution is 7.80. The Labute approximate surface area is 124 Å². The highest BCUT2D eigenvalue weighted by Crippen LogP contribution is 2.38. The maximum absolute atomic E-state index is 12.9. The highest BCUT2D eigenvalue weighted by Gasteiger charge is 2.35. The normalized spacial score (nSPS) is 12.8. The minimum atomic E-state index is -4.63. The standard InChI is InChI=1S/C12H12ClF3N2OS/c1-2-6(10(17)20)11(19)18-9-7(12(14,15)16)4-3-5-8(9)13/h3-6H,2H2,1H3,(H2,17,20)(H,18,19). The van der Waals surface area contributed by atoms with Crippen molar-refractivity contribution in [1.29, 1.82) is 0 Å². The predicted octanol–water partition coefficient (Wildman–Crippen LogP) is 3.61. The van der Waals surface area contributed by atoms with Crippen LogP contribution in [0.1, 0.15) is 18.9 Å². The largest absolute Gasteiger partial charge is 0.418 e. The van der Waals surface area contributed by atoms with Gasteiger partial charge >= 0.3 is 6.18 Å². The Balaban J connectivity index is 3.15. The van der Waals surface area contributed by atoms with Crippen molar-refractivity contribution >= 4 is 40.4 Å². The molecule has 20 heavy (non-hydrogen) atoms. The fourth-order valence-corrected chi connectivity index (χ4v) is 2.11. The molecule has 0 aliphatic carbocycles. The molecule has 1 aromatic rings. The van der Waals surface area contributed by atoms with Crippen LogP contribution in [0.4, 0.5) is 18.9 Å². The number of carbonyl (C=O) groups is 1. The summed E-state index contributed by atoms with van der Waals surface area (Å²) in [5, 5.41) is 1.96. The van der Waals surface area contributed by atoms with Gasteiger partial charge in [-0.25, -0.2) is 0 Å². The van der Waals surface area contributed by atoms with Crippen LogP contribution in [-0.2, 0) is 11.0 Å². The van der Waals surface area contributed by atoms with E-state index in [2.05, 4.69) is 5.32 Å². The van der Waals surface area contributed by atoms with Crippen LogP contribution in [0.25, 0.3) is 0 Å². The third-order valence-corrected chi connectivity index (χ3v) is 3.23. The van der Waals surface area contributed by atoms with Gasteiger partial charge in [-0.15, -0.1) is 0 Å². The molecule has 1 aromatic carbocycles. The molecule has 0 aliphatic heterocycles. The van der Waals surface area contributed by atoms with Crippen molar-refractivity contribution in [3.8, 4) is 0 Å². The van der Waals surface area contributed by atoms with Gasteiger partial charge in [0.15, 0.2) is 0 Å². The zero-order valence-corrected chi connectivity index (χ0v) is 12.0. The number of nitrogens with one attached hydrogen (secondary N) is 1. The third kappa shape index (κ3) is 3.83. The molecule has 0 radical (unpaired) electrons. The van der Waals surface area contributed by atoms with Crippen molar-refractivity contribution in [3.63, 3.8) is 0 Å². The Morgan fingerprint density at radius 3 is 2.55 bits per heavy atom. The lowest BCUT2D eigenvalue weighted by Gasteiger charge is -2.18. The summed E-state index contributed by atoms with van der Waals surface area (Å²) in [4.78, 5) is 11.8. The minimum Gasteiger partial charge on any atom is -0.393 e. The first-order valence-corrected chi connectivity index (χ1v) is 6.43. The first kappa shape index (κ1) is 16.7.